The first-order valence-electron chi connectivity index (χ1n) is 4.69. The summed E-state index contributed by atoms with van der Waals surface area (Å²) in [6.07, 6.45) is 1.82. The highest BCUT2D eigenvalue weighted by Gasteiger charge is 2.10. The number of aliphatic carboxylic acids is 1. The van der Waals surface area contributed by atoms with Crippen LogP contribution in [0.15, 0.2) is 20.3 Å². The summed E-state index contributed by atoms with van der Waals surface area (Å²) in [5, 5.41) is 8.61. The summed E-state index contributed by atoms with van der Waals surface area (Å²) in [7, 11) is 0. The summed E-state index contributed by atoms with van der Waals surface area (Å²) >= 11 is 3.00. The van der Waals surface area contributed by atoms with Crippen LogP contribution in [0.1, 0.15) is 13.3 Å². The molecule has 0 unspecified atom stereocenters. The Bertz CT molecular complexity index is 517. The van der Waals surface area contributed by atoms with Gasteiger partial charge in [-0.2, -0.15) is 0 Å². The zero-order valence-electron chi connectivity index (χ0n) is 8.64. The van der Waals surface area contributed by atoms with Gasteiger partial charge in [0.15, 0.2) is 0 Å². The molecule has 16 heavy (non-hydrogen) atoms. The van der Waals surface area contributed by atoms with Crippen LogP contribution in [-0.4, -0.2) is 20.2 Å². The van der Waals surface area contributed by atoms with Crippen molar-refractivity contribution in [3.8, 4) is 0 Å². The first-order valence-corrected chi connectivity index (χ1v) is 5.48. The van der Waals surface area contributed by atoms with Crippen molar-refractivity contribution in [2.75, 3.05) is 0 Å². The second kappa shape index (κ2) is 5.11. The van der Waals surface area contributed by atoms with E-state index in [2.05, 4.69) is 15.9 Å². The lowest BCUT2D eigenvalue weighted by molar-refractivity contribution is -0.137. The van der Waals surface area contributed by atoms with Crippen molar-refractivity contribution in [3.05, 3.63) is 31.5 Å². The van der Waals surface area contributed by atoms with Gasteiger partial charge in [0.05, 0.1) is 4.47 Å². The van der Waals surface area contributed by atoms with E-state index < -0.39 is 23.8 Å². The van der Waals surface area contributed by atoms with Crippen LogP contribution in [0.3, 0.4) is 0 Å². The van der Waals surface area contributed by atoms with E-state index in [9.17, 15) is 14.4 Å². The van der Waals surface area contributed by atoms with Crippen LogP contribution < -0.4 is 11.2 Å². The van der Waals surface area contributed by atoms with E-state index in [0.29, 0.717) is 6.42 Å². The third-order valence-corrected chi connectivity index (χ3v) is 2.49. The zero-order valence-corrected chi connectivity index (χ0v) is 10.2. The van der Waals surface area contributed by atoms with Crippen molar-refractivity contribution in [1.82, 2.24) is 9.13 Å². The number of carbonyl (C=O) groups is 1. The molecule has 0 amide bonds. The molecular formula is C9H11BrN2O4. The van der Waals surface area contributed by atoms with E-state index in [-0.39, 0.29) is 11.0 Å². The number of halogens is 1. The monoisotopic (exact) mass is 290 g/mol. The Morgan fingerprint density at radius 3 is 2.62 bits per heavy atom. The molecule has 0 radical (unpaired) electrons. The molecular weight excluding hydrogens is 280 g/mol. The van der Waals surface area contributed by atoms with Crippen molar-refractivity contribution >= 4 is 21.9 Å². The van der Waals surface area contributed by atoms with Gasteiger partial charge in [0.2, 0.25) is 0 Å². The number of nitrogens with zero attached hydrogens (tertiary/aromatic N) is 2. The Morgan fingerprint density at radius 2 is 2.12 bits per heavy atom. The van der Waals surface area contributed by atoms with Crippen LogP contribution in [-0.2, 0) is 17.9 Å². The summed E-state index contributed by atoms with van der Waals surface area (Å²) in [6, 6.07) is 0. The van der Waals surface area contributed by atoms with E-state index in [4.69, 9.17) is 5.11 Å². The second-order valence-corrected chi connectivity index (χ2v) is 4.09. The Hall–Kier alpha value is -1.37. The highest BCUT2D eigenvalue weighted by molar-refractivity contribution is 9.10. The van der Waals surface area contributed by atoms with Crippen LogP contribution >= 0.6 is 15.9 Å². The van der Waals surface area contributed by atoms with Crippen LogP contribution in [0.25, 0.3) is 0 Å². The molecule has 0 saturated heterocycles. The fourth-order valence-corrected chi connectivity index (χ4v) is 1.76. The third-order valence-electron chi connectivity index (χ3n) is 1.95. The van der Waals surface area contributed by atoms with Gasteiger partial charge in [0.1, 0.15) is 6.54 Å². The maximum atomic E-state index is 11.7. The zero-order chi connectivity index (χ0) is 12.3. The number of hydrogen-bond donors (Lipinski definition) is 1. The summed E-state index contributed by atoms with van der Waals surface area (Å²) < 4.78 is 2.19. The molecule has 0 aromatic carbocycles. The summed E-state index contributed by atoms with van der Waals surface area (Å²) in [6.45, 7) is 1.65. The van der Waals surface area contributed by atoms with Crippen molar-refractivity contribution in [2.45, 2.75) is 26.4 Å². The standard InChI is InChI=1S/C9H11BrN2O4/c1-2-3-12-8(15)6(10)4-11(9(12)16)5-7(13)14/h4H,2-3,5H2,1H3,(H,13,14). The van der Waals surface area contributed by atoms with Crippen molar-refractivity contribution in [2.24, 2.45) is 0 Å². The molecule has 1 N–H and O–H groups in total. The SMILES string of the molecule is CCCn1c(=O)c(Br)cn(CC(=O)O)c1=O. The number of hydrogen-bond acceptors (Lipinski definition) is 3. The van der Waals surface area contributed by atoms with Gasteiger partial charge in [-0.25, -0.2) is 4.79 Å². The Balaban J connectivity index is 3.38. The number of carboxylic acid groups (broad SMARTS) is 1. The lowest BCUT2D eigenvalue weighted by Crippen LogP contribution is -2.40. The van der Waals surface area contributed by atoms with E-state index in [0.717, 1.165) is 9.13 Å². The largest absolute Gasteiger partial charge is 0.480 e. The third kappa shape index (κ3) is 2.60. The molecule has 0 fully saturated rings. The minimum atomic E-state index is -1.13. The molecule has 0 aliphatic carbocycles. The highest BCUT2D eigenvalue weighted by Crippen LogP contribution is 1.99. The molecule has 0 spiro atoms. The van der Waals surface area contributed by atoms with Crippen LogP contribution in [0.2, 0.25) is 0 Å². The van der Waals surface area contributed by atoms with Gasteiger partial charge < -0.3 is 5.11 Å². The molecule has 7 heteroatoms. The summed E-state index contributed by atoms with van der Waals surface area (Å²) in [5.74, 6) is -1.13. The predicted molar refractivity (Wildman–Crippen MR) is 60.6 cm³/mol. The van der Waals surface area contributed by atoms with Gasteiger partial charge in [-0.3, -0.25) is 18.7 Å². The van der Waals surface area contributed by atoms with Crippen LogP contribution in [0.4, 0.5) is 0 Å². The van der Waals surface area contributed by atoms with Crippen LogP contribution in [0.5, 0.6) is 0 Å². The molecule has 0 atom stereocenters. The van der Waals surface area contributed by atoms with Gasteiger partial charge in [0.25, 0.3) is 5.56 Å². The van der Waals surface area contributed by atoms with E-state index in [1.807, 2.05) is 6.92 Å². The summed E-state index contributed by atoms with van der Waals surface area (Å²) in [5.41, 5.74) is -1.04. The molecule has 0 aliphatic rings. The molecule has 1 heterocycles. The number of rotatable bonds is 4. The number of carboxylic acids is 1. The lowest BCUT2D eigenvalue weighted by Gasteiger charge is -2.08. The quantitative estimate of drug-likeness (QED) is 0.863. The first kappa shape index (κ1) is 12.7. The molecule has 0 saturated carbocycles. The molecule has 88 valence electrons. The molecule has 1 aromatic rings. The van der Waals surface area contributed by atoms with Gasteiger partial charge in [-0.1, -0.05) is 6.92 Å². The van der Waals surface area contributed by atoms with E-state index >= 15 is 0 Å². The average Bonchev–Trinajstić information content (AvgIpc) is 2.20. The van der Waals surface area contributed by atoms with Gasteiger partial charge in [-0.15, -0.1) is 0 Å². The molecule has 0 aliphatic heterocycles. The van der Waals surface area contributed by atoms with Gasteiger partial charge in [0, 0.05) is 12.7 Å². The van der Waals surface area contributed by atoms with Crippen LogP contribution in [0, 0.1) is 0 Å². The fraction of sp³-hybridized carbons (Fsp3) is 0.444. The Kier molecular flexibility index (Phi) is 4.05. The first-order chi connectivity index (χ1) is 7.47. The topological polar surface area (TPSA) is 81.3 Å². The predicted octanol–water partition coefficient (Wildman–Crippen LogP) is 0.267. The minimum absolute atomic E-state index is 0.182. The lowest BCUT2D eigenvalue weighted by atomic mass is 10.4. The molecule has 1 aromatic heterocycles. The molecule has 1 rings (SSSR count). The highest BCUT2D eigenvalue weighted by atomic mass is 79.9. The minimum Gasteiger partial charge on any atom is -0.480 e. The van der Waals surface area contributed by atoms with E-state index in [1.165, 1.54) is 6.20 Å². The van der Waals surface area contributed by atoms with Crippen molar-refractivity contribution in [3.63, 3.8) is 0 Å². The van der Waals surface area contributed by atoms with Crippen molar-refractivity contribution < 1.29 is 9.90 Å². The van der Waals surface area contributed by atoms with Gasteiger partial charge in [-0.05, 0) is 22.4 Å². The normalized spacial score (nSPS) is 10.4. The van der Waals surface area contributed by atoms with Crippen molar-refractivity contribution in [1.29, 1.82) is 0 Å². The maximum absolute atomic E-state index is 11.7. The molecule has 6 nitrogen and oxygen atoms in total. The van der Waals surface area contributed by atoms with E-state index in [1.54, 1.807) is 0 Å². The number of aromatic nitrogens is 2. The summed E-state index contributed by atoms with van der Waals surface area (Å²) in [4.78, 5) is 33.8. The maximum Gasteiger partial charge on any atom is 0.331 e. The average molecular weight is 291 g/mol. The van der Waals surface area contributed by atoms with Gasteiger partial charge >= 0.3 is 11.7 Å². The Morgan fingerprint density at radius 1 is 1.50 bits per heavy atom. The molecule has 0 bridgehead atoms. The Labute approximate surface area is 99.3 Å². The second-order valence-electron chi connectivity index (χ2n) is 3.24. The fourth-order valence-electron chi connectivity index (χ4n) is 1.30. The smallest absolute Gasteiger partial charge is 0.331 e.